The first-order valence-corrected chi connectivity index (χ1v) is 10.1. The second-order valence-corrected chi connectivity index (χ2v) is 7.17. The lowest BCUT2D eigenvalue weighted by atomic mass is 10.2. The average molecular weight is 389 g/mol. The predicted octanol–water partition coefficient (Wildman–Crippen LogP) is 1.14. The van der Waals surface area contributed by atoms with Crippen molar-refractivity contribution in [1.82, 2.24) is 20.5 Å². The minimum absolute atomic E-state index is 0.0133. The van der Waals surface area contributed by atoms with Crippen LogP contribution < -0.4 is 16.4 Å². The first kappa shape index (κ1) is 21.8. The normalized spacial score (nSPS) is 16.2. The lowest BCUT2D eigenvalue weighted by molar-refractivity contribution is -0.137. The Balaban J connectivity index is 1.76. The van der Waals surface area contributed by atoms with Gasteiger partial charge in [0.05, 0.1) is 6.54 Å². The molecular formula is C20H32N6O2. The van der Waals surface area contributed by atoms with E-state index in [4.69, 9.17) is 11.1 Å². The monoisotopic (exact) mass is 388 g/mol. The van der Waals surface area contributed by atoms with Crippen LogP contribution in [0.2, 0.25) is 0 Å². The molecule has 2 rings (SSSR count). The smallest absolute Gasteiger partial charge is 0.243 e. The van der Waals surface area contributed by atoms with Crippen LogP contribution in [0, 0.1) is 5.41 Å². The second kappa shape index (κ2) is 11.4. The summed E-state index contributed by atoms with van der Waals surface area (Å²) in [5.74, 6) is -0.236. The zero-order valence-electron chi connectivity index (χ0n) is 16.7. The van der Waals surface area contributed by atoms with Crippen LogP contribution in [0.1, 0.15) is 56.7 Å². The molecule has 2 heterocycles. The largest absolute Gasteiger partial charge is 0.382 e. The van der Waals surface area contributed by atoms with Crippen molar-refractivity contribution in [2.24, 2.45) is 5.73 Å². The summed E-state index contributed by atoms with van der Waals surface area (Å²) >= 11 is 0. The van der Waals surface area contributed by atoms with Crippen molar-refractivity contribution in [3.63, 3.8) is 0 Å². The number of nitrogens with two attached hydrogens (primary N) is 1. The van der Waals surface area contributed by atoms with Crippen LogP contribution >= 0.6 is 0 Å². The van der Waals surface area contributed by atoms with E-state index in [-0.39, 0.29) is 24.2 Å². The lowest BCUT2D eigenvalue weighted by Crippen LogP contribution is -2.48. The van der Waals surface area contributed by atoms with Crippen molar-refractivity contribution < 1.29 is 9.59 Å². The summed E-state index contributed by atoms with van der Waals surface area (Å²) in [6.07, 6.45) is 7.79. The van der Waals surface area contributed by atoms with Gasteiger partial charge in [-0.05, 0) is 37.4 Å². The topological polar surface area (TPSA) is 124 Å². The molecule has 1 fully saturated rings. The molecule has 0 radical (unpaired) electrons. The molecule has 1 aromatic rings. The Morgan fingerprint density at radius 1 is 1.32 bits per heavy atom. The summed E-state index contributed by atoms with van der Waals surface area (Å²) < 4.78 is 0. The van der Waals surface area contributed by atoms with Crippen LogP contribution in [0.3, 0.4) is 0 Å². The first-order valence-electron chi connectivity index (χ1n) is 10.1. The highest BCUT2D eigenvalue weighted by atomic mass is 16.2. The Morgan fingerprint density at radius 2 is 2.14 bits per heavy atom. The number of nitrogens with one attached hydrogen (secondary N) is 3. The number of aromatic nitrogens is 1. The van der Waals surface area contributed by atoms with Gasteiger partial charge in [0.2, 0.25) is 11.8 Å². The lowest BCUT2D eigenvalue weighted by Gasteiger charge is -2.24. The Hall–Kier alpha value is -2.48. The fourth-order valence-electron chi connectivity index (χ4n) is 3.31. The zero-order chi connectivity index (χ0) is 20.4. The van der Waals surface area contributed by atoms with E-state index in [9.17, 15) is 9.59 Å². The number of nitrogen functional groups attached to an aromatic ring is 1. The summed E-state index contributed by atoms with van der Waals surface area (Å²) in [6, 6.07) is 3.03. The quantitative estimate of drug-likeness (QED) is 0.257. The van der Waals surface area contributed by atoms with Crippen LogP contribution in [0.25, 0.3) is 0 Å². The van der Waals surface area contributed by atoms with Crippen LogP contribution in [0.5, 0.6) is 0 Å². The van der Waals surface area contributed by atoms with Gasteiger partial charge in [-0.3, -0.25) is 20.0 Å². The molecule has 154 valence electrons. The van der Waals surface area contributed by atoms with E-state index in [0.717, 1.165) is 24.9 Å². The highest BCUT2D eigenvalue weighted by molar-refractivity contribution is 5.93. The van der Waals surface area contributed by atoms with Crippen molar-refractivity contribution in [2.75, 3.05) is 19.6 Å². The molecule has 2 amide bonds. The van der Waals surface area contributed by atoms with E-state index in [0.29, 0.717) is 25.2 Å². The van der Waals surface area contributed by atoms with E-state index in [1.54, 1.807) is 23.2 Å². The molecule has 1 atom stereocenters. The maximum atomic E-state index is 12.6. The average Bonchev–Trinajstić information content (AvgIpc) is 3.19. The molecule has 0 unspecified atom stereocenters. The Labute approximate surface area is 166 Å². The van der Waals surface area contributed by atoms with Gasteiger partial charge in [-0.1, -0.05) is 32.3 Å². The molecule has 0 bridgehead atoms. The Morgan fingerprint density at radius 3 is 2.82 bits per heavy atom. The Bertz CT molecular complexity index is 661. The van der Waals surface area contributed by atoms with E-state index in [2.05, 4.69) is 22.5 Å². The summed E-state index contributed by atoms with van der Waals surface area (Å²) in [5.41, 5.74) is 6.62. The minimum Gasteiger partial charge on any atom is -0.382 e. The molecule has 1 aliphatic rings. The number of hydrogen-bond donors (Lipinski definition) is 4. The number of carbonyl (C=O) groups is 2. The van der Waals surface area contributed by atoms with E-state index in [1.807, 2.05) is 0 Å². The molecule has 0 aromatic carbocycles. The van der Waals surface area contributed by atoms with Crippen molar-refractivity contribution >= 4 is 17.6 Å². The molecule has 0 spiro atoms. The van der Waals surface area contributed by atoms with Gasteiger partial charge >= 0.3 is 0 Å². The Kier molecular flexibility index (Phi) is 8.87. The number of nitrogens with zero attached hydrogens (tertiary/aromatic N) is 2. The molecule has 0 saturated carbocycles. The second-order valence-electron chi connectivity index (χ2n) is 7.17. The van der Waals surface area contributed by atoms with Gasteiger partial charge in [0.1, 0.15) is 17.6 Å². The molecule has 8 heteroatoms. The van der Waals surface area contributed by atoms with Gasteiger partial charge in [-0.2, -0.15) is 0 Å². The number of carbonyl (C=O) groups excluding carboxylic acids is 2. The van der Waals surface area contributed by atoms with Crippen molar-refractivity contribution in [1.29, 1.82) is 5.41 Å². The maximum absolute atomic E-state index is 12.6. The summed E-state index contributed by atoms with van der Waals surface area (Å²) in [7, 11) is 0. The van der Waals surface area contributed by atoms with Crippen molar-refractivity contribution in [3.05, 3.63) is 29.6 Å². The molecular weight excluding hydrogens is 356 g/mol. The van der Waals surface area contributed by atoms with Gasteiger partial charge in [-0.15, -0.1) is 0 Å². The van der Waals surface area contributed by atoms with Crippen molar-refractivity contribution in [3.8, 4) is 0 Å². The third-order valence-corrected chi connectivity index (χ3v) is 4.93. The fourth-order valence-corrected chi connectivity index (χ4v) is 3.31. The van der Waals surface area contributed by atoms with Crippen LogP contribution in [-0.2, 0) is 16.1 Å². The molecule has 1 saturated heterocycles. The summed E-state index contributed by atoms with van der Waals surface area (Å²) in [6.45, 7) is 4.25. The van der Waals surface area contributed by atoms with Crippen LogP contribution in [0.15, 0.2) is 18.3 Å². The van der Waals surface area contributed by atoms with Gasteiger partial charge < -0.3 is 21.3 Å². The van der Waals surface area contributed by atoms with Gasteiger partial charge in [-0.25, -0.2) is 0 Å². The SMILES string of the molecule is CCCCCCNCC(=O)N1CCC[C@H]1C(=O)NCc1ccc(C(=N)N)nc1. The molecule has 5 N–H and O–H groups in total. The van der Waals surface area contributed by atoms with E-state index < -0.39 is 6.04 Å². The van der Waals surface area contributed by atoms with E-state index >= 15 is 0 Å². The molecule has 1 aliphatic heterocycles. The summed E-state index contributed by atoms with van der Waals surface area (Å²) in [5, 5.41) is 13.4. The predicted molar refractivity (Wildman–Crippen MR) is 109 cm³/mol. The highest BCUT2D eigenvalue weighted by Gasteiger charge is 2.33. The molecule has 0 aliphatic carbocycles. The maximum Gasteiger partial charge on any atom is 0.243 e. The minimum atomic E-state index is -0.404. The number of hydrogen-bond acceptors (Lipinski definition) is 5. The van der Waals surface area contributed by atoms with Crippen molar-refractivity contribution in [2.45, 2.75) is 58.0 Å². The van der Waals surface area contributed by atoms with Crippen LogP contribution in [-0.4, -0.2) is 53.2 Å². The number of amidine groups is 1. The number of rotatable bonds is 11. The van der Waals surface area contributed by atoms with Gasteiger partial charge in [0.25, 0.3) is 0 Å². The molecule has 28 heavy (non-hydrogen) atoms. The number of unbranched alkanes of at least 4 members (excludes halogenated alkanes) is 3. The third-order valence-electron chi connectivity index (χ3n) is 4.93. The highest BCUT2D eigenvalue weighted by Crippen LogP contribution is 2.17. The summed E-state index contributed by atoms with van der Waals surface area (Å²) in [4.78, 5) is 30.8. The third kappa shape index (κ3) is 6.60. The van der Waals surface area contributed by atoms with Gasteiger partial charge in [0.15, 0.2) is 0 Å². The van der Waals surface area contributed by atoms with Gasteiger partial charge in [0, 0.05) is 19.3 Å². The molecule has 1 aromatic heterocycles. The van der Waals surface area contributed by atoms with E-state index in [1.165, 1.54) is 19.3 Å². The molecule has 8 nitrogen and oxygen atoms in total. The number of likely N-dealkylation sites (tertiary alicyclic amines) is 1. The standard InChI is InChI=1S/C20H32N6O2/c1-2-3-4-5-10-23-14-18(27)26-11-6-7-17(26)20(28)25-13-15-8-9-16(19(21)22)24-12-15/h8-9,12,17,23H,2-7,10-11,13-14H2,1H3,(H3,21,22)(H,25,28)/t17-/m0/s1. The number of amides is 2. The number of pyridine rings is 1. The first-order chi connectivity index (χ1) is 13.5. The van der Waals surface area contributed by atoms with Crippen LogP contribution in [0.4, 0.5) is 0 Å². The fraction of sp³-hybridized carbons (Fsp3) is 0.600. The zero-order valence-corrected chi connectivity index (χ0v) is 16.7.